The third kappa shape index (κ3) is 5.66. The lowest BCUT2D eigenvalue weighted by atomic mass is 10.1. The Balaban J connectivity index is 1.74. The van der Waals surface area contributed by atoms with Gasteiger partial charge in [0, 0.05) is 27.1 Å². The third-order valence-electron chi connectivity index (χ3n) is 3.88. The number of nitrogens with zero attached hydrogens (tertiary/aromatic N) is 2. The zero-order valence-corrected chi connectivity index (χ0v) is 16.9. The molecule has 0 unspecified atom stereocenters. The molecule has 0 atom stereocenters. The average molecular weight is 426 g/mol. The molecule has 8 heteroatoms. The molecule has 3 aromatic carbocycles. The molecule has 3 rings (SSSR count). The van der Waals surface area contributed by atoms with Crippen molar-refractivity contribution in [2.75, 3.05) is 0 Å². The monoisotopic (exact) mass is 425 g/mol. The molecule has 0 radical (unpaired) electrons. The number of hydrogen-bond acceptors (Lipinski definition) is 5. The Morgan fingerprint density at radius 1 is 1.14 bits per heavy atom. The Morgan fingerprint density at radius 2 is 1.90 bits per heavy atom. The fourth-order valence-electron chi connectivity index (χ4n) is 2.49. The molecule has 0 aliphatic rings. The Morgan fingerprint density at radius 3 is 2.59 bits per heavy atom. The molecule has 0 aromatic heterocycles. The standard InChI is InChI=1S/C21H16ClN3O3S/c1-14-3-2-4-16(11-14)21(26)24-23-13-15-5-10-20(19(12-15)25(27)28)29-18-8-6-17(22)7-9-18/h2-13H,1H3,(H,24,26)/b23-13-. The highest BCUT2D eigenvalue weighted by Crippen LogP contribution is 2.35. The van der Waals surface area contributed by atoms with E-state index in [1.807, 2.05) is 13.0 Å². The summed E-state index contributed by atoms with van der Waals surface area (Å²) in [5.41, 5.74) is 4.34. The average Bonchev–Trinajstić information content (AvgIpc) is 2.70. The topological polar surface area (TPSA) is 84.6 Å². The van der Waals surface area contributed by atoms with E-state index in [0.29, 0.717) is 21.0 Å². The van der Waals surface area contributed by atoms with Gasteiger partial charge in [0.15, 0.2) is 0 Å². The smallest absolute Gasteiger partial charge is 0.267 e. The van der Waals surface area contributed by atoms with Crippen LogP contribution in [0, 0.1) is 17.0 Å². The van der Waals surface area contributed by atoms with E-state index in [0.717, 1.165) is 10.5 Å². The molecule has 146 valence electrons. The molecule has 6 nitrogen and oxygen atoms in total. The van der Waals surface area contributed by atoms with E-state index in [1.165, 1.54) is 24.0 Å². The highest BCUT2D eigenvalue weighted by molar-refractivity contribution is 7.99. The molecular formula is C21H16ClN3O3S. The van der Waals surface area contributed by atoms with Crippen molar-refractivity contribution >= 4 is 41.2 Å². The van der Waals surface area contributed by atoms with Crippen LogP contribution in [0.2, 0.25) is 5.02 Å². The third-order valence-corrected chi connectivity index (χ3v) is 5.21. The maximum Gasteiger partial charge on any atom is 0.283 e. The second-order valence-corrected chi connectivity index (χ2v) is 7.66. The van der Waals surface area contributed by atoms with Crippen LogP contribution in [-0.4, -0.2) is 17.0 Å². The molecule has 0 spiro atoms. The lowest BCUT2D eigenvalue weighted by Crippen LogP contribution is -2.17. The van der Waals surface area contributed by atoms with Gasteiger partial charge in [0.25, 0.3) is 11.6 Å². The molecular weight excluding hydrogens is 410 g/mol. The first kappa shape index (κ1) is 20.6. The van der Waals surface area contributed by atoms with Crippen LogP contribution in [0.3, 0.4) is 0 Å². The molecule has 0 aliphatic carbocycles. The molecule has 29 heavy (non-hydrogen) atoms. The first-order valence-corrected chi connectivity index (χ1v) is 9.74. The van der Waals surface area contributed by atoms with Crippen molar-refractivity contribution in [3.8, 4) is 0 Å². The Hall–Kier alpha value is -3.16. The summed E-state index contributed by atoms with van der Waals surface area (Å²) in [6, 6.07) is 18.9. The predicted molar refractivity (Wildman–Crippen MR) is 115 cm³/mol. The Bertz CT molecular complexity index is 1080. The number of halogens is 1. The van der Waals surface area contributed by atoms with Crippen molar-refractivity contribution in [1.82, 2.24) is 5.43 Å². The maximum absolute atomic E-state index is 12.1. The summed E-state index contributed by atoms with van der Waals surface area (Å²) in [6.07, 6.45) is 1.37. The van der Waals surface area contributed by atoms with Crippen LogP contribution in [0.4, 0.5) is 5.69 Å². The van der Waals surface area contributed by atoms with E-state index >= 15 is 0 Å². The first-order valence-electron chi connectivity index (χ1n) is 8.54. The Kier molecular flexibility index (Phi) is 6.64. The molecule has 3 aromatic rings. The van der Waals surface area contributed by atoms with Crippen LogP contribution in [0.25, 0.3) is 0 Å². The first-order chi connectivity index (χ1) is 13.9. The van der Waals surface area contributed by atoms with Crippen LogP contribution in [0.5, 0.6) is 0 Å². The number of carbonyl (C=O) groups is 1. The summed E-state index contributed by atoms with van der Waals surface area (Å²) in [7, 11) is 0. The fraction of sp³-hybridized carbons (Fsp3) is 0.0476. The van der Waals surface area contributed by atoms with E-state index < -0.39 is 4.92 Å². The molecule has 0 bridgehead atoms. The number of hydrogen-bond donors (Lipinski definition) is 1. The number of hydrazone groups is 1. The van der Waals surface area contributed by atoms with Gasteiger partial charge in [-0.1, -0.05) is 47.1 Å². The molecule has 1 N–H and O–H groups in total. The van der Waals surface area contributed by atoms with Crippen LogP contribution in [0.1, 0.15) is 21.5 Å². The van der Waals surface area contributed by atoms with Crippen LogP contribution in [-0.2, 0) is 0 Å². The minimum atomic E-state index is -0.444. The predicted octanol–water partition coefficient (Wildman–Crippen LogP) is 5.47. The second-order valence-electron chi connectivity index (χ2n) is 6.11. The number of nitrogens with one attached hydrogen (secondary N) is 1. The van der Waals surface area contributed by atoms with Gasteiger partial charge in [0.2, 0.25) is 0 Å². The summed E-state index contributed by atoms with van der Waals surface area (Å²) in [5.74, 6) is -0.352. The minimum Gasteiger partial charge on any atom is -0.267 e. The molecule has 0 saturated heterocycles. The normalized spacial score (nSPS) is 10.8. The molecule has 0 saturated carbocycles. The van der Waals surface area contributed by atoms with Crippen molar-refractivity contribution < 1.29 is 9.72 Å². The number of nitro benzene ring substituents is 1. The lowest BCUT2D eigenvalue weighted by molar-refractivity contribution is -0.387. The van der Waals surface area contributed by atoms with E-state index in [4.69, 9.17) is 11.6 Å². The quantitative estimate of drug-likeness (QED) is 0.322. The number of carbonyl (C=O) groups excluding carboxylic acids is 1. The van der Waals surface area contributed by atoms with Gasteiger partial charge in [0.05, 0.1) is 16.0 Å². The highest BCUT2D eigenvalue weighted by atomic mass is 35.5. The van der Waals surface area contributed by atoms with Crippen molar-refractivity contribution in [3.63, 3.8) is 0 Å². The highest BCUT2D eigenvalue weighted by Gasteiger charge is 2.15. The van der Waals surface area contributed by atoms with Gasteiger partial charge in [-0.15, -0.1) is 0 Å². The van der Waals surface area contributed by atoms with Crippen LogP contribution in [0.15, 0.2) is 81.6 Å². The molecule has 0 aliphatic heterocycles. The SMILES string of the molecule is Cc1cccc(C(=O)N/N=C\c2ccc(Sc3ccc(Cl)cc3)c([N+](=O)[O-])c2)c1. The van der Waals surface area contributed by atoms with E-state index in [2.05, 4.69) is 10.5 Å². The molecule has 1 amide bonds. The van der Waals surface area contributed by atoms with Crippen LogP contribution >= 0.6 is 23.4 Å². The summed E-state index contributed by atoms with van der Waals surface area (Å²) in [4.78, 5) is 24.5. The van der Waals surface area contributed by atoms with Crippen LogP contribution < -0.4 is 5.43 Å². The summed E-state index contributed by atoms with van der Waals surface area (Å²) < 4.78 is 0. The summed E-state index contributed by atoms with van der Waals surface area (Å²) >= 11 is 7.15. The largest absolute Gasteiger partial charge is 0.283 e. The van der Waals surface area contributed by atoms with Crippen molar-refractivity contribution in [2.45, 2.75) is 16.7 Å². The summed E-state index contributed by atoms with van der Waals surface area (Å²) in [6.45, 7) is 1.89. The number of rotatable bonds is 6. The Labute approximate surface area is 176 Å². The van der Waals surface area contributed by atoms with Gasteiger partial charge in [0.1, 0.15) is 0 Å². The fourth-order valence-corrected chi connectivity index (χ4v) is 3.52. The maximum atomic E-state index is 12.1. The molecule has 0 fully saturated rings. The number of aryl methyl sites for hydroxylation is 1. The van der Waals surface area contributed by atoms with Gasteiger partial charge in [-0.3, -0.25) is 14.9 Å². The van der Waals surface area contributed by atoms with Crippen molar-refractivity contribution in [3.05, 3.63) is 98.6 Å². The zero-order chi connectivity index (χ0) is 20.8. The van der Waals surface area contributed by atoms with Gasteiger partial charge in [-0.25, -0.2) is 5.43 Å². The van der Waals surface area contributed by atoms with Gasteiger partial charge >= 0.3 is 0 Å². The lowest BCUT2D eigenvalue weighted by Gasteiger charge is -2.04. The minimum absolute atomic E-state index is 0.0427. The van der Waals surface area contributed by atoms with E-state index in [-0.39, 0.29) is 11.6 Å². The van der Waals surface area contributed by atoms with E-state index in [9.17, 15) is 14.9 Å². The number of amides is 1. The van der Waals surface area contributed by atoms with Gasteiger partial charge in [-0.2, -0.15) is 5.10 Å². The number of nitro groups is 1. The molecule has 0 heterocycles. The van der Waals surface area contributed by atoms with Crippen molar-refractivity contribution in [1.29, 1.82) is 0 Å². The zero-order valence-electron chi connectivity index (χ0n) is 15.3. The van der Waals surface area contributed by atoms with E-state index in [1.54, 1.807) is 54.6 Å². The second kappa shape index (κ2) is 9.36. The van der Waals surface area contributed by atoms with Crippen molar-refractivity contribution in [2.24, 2.45) is 5.10 Å². The summed E-state index contributed by atoms with van der Waals surface area (Å²) in [5, 5.41) is 16.0. The van der Waals surface area contributed by atoms with Gasteiger partial charge in [-0.05, 0) is 49.4 Å². The van der Waals surface area contributed by atoms with Gasteiger partial charge < -0.3 is 0 Å². The number of benzene rings is 3.